The predicted molar refractivity (Wildman–Crippen MR) is 63.7 cm³/mol. The van der Waals surface area contributed by atoms with Crippen LogP contribution in [-0.2, 0) is 9.53 Å². The van der Waals surface area contributed by atoms with Gasteiger partial charge in [0.1, 0.15) is 5.76 Å². The normalized spacial score (nSPS) is 28.2. The summed E-state index contributed by atoms with van der Waals surface area (Å²) in [6.45, 7) is 1.84. The number of allylic oxidation sites excluding steroid dienone is 4. The number of rotatable bonds is 2. The van der Waals surface area contributed by atoms with Gasteiger partial charge in [-0.25, -0.2) is 0 Å². The first-order valence-corrected chi connectivity index (χ1v) is 6.38. The molecule has 88 valence electrons. The molecular formula is C14H20O2. The van der Waals surface area contributed by atoms with Crippen LogP contribution < -0.4 is 0 Å². The highest BCUT2D eigenvalue weighted by Gasteiger charge is 2.21. The van der Waals surface area contributed by atoms with Gasteiger partial charge < -0.3 is 4.74 Å². The van der Waals surface area contributed by atoms with Gasteiger partial charge >= 0.3 is 5.97 Å². The summed E-state index contributed by atoms with van der Waals surface area (Å²) in [5, 5.41) is 0. The topological polar surface area (TPSA) is 26.3 Å². The molecule has 0 heterocycles. The zero-order valence-corrected chi connectivity index (χ0v) is 10.00. The molecule has 2 aliphatic carbocycles. The molecule has 0 aliphatic heterocycles. The second-order valence-corrected chi connectivity index (χ2v) is 4.63. The van der Waals surface area contributed by atoms with Crippen molar-refractivity contribution in [1.29, 1.82) is 0 Å². The molecular weight excluding hydrogens is 200 g/mol. The van der Waals surface area contributed by atoms with Crippen LogP contribution in [0.1, 0.15) is 51.9 Å². The number of hydrogen-bond acceptors (Lipinski definition) is 2. The van der Waals surface area contributed by atoms with Gasteiger partial charge in [0.05, 0.1) is 0 Å². The average Bonchev–Trinajstić information content (AvgIpc) is 2.69. The highest BCUT2D eigenvalue weighted by molar-refractivity contribution is 5.70. The van der Waals surface area contributed by atoms with Crippen LogP contribution in [0.25, 0.3) is 0 Å². The molecule has 0 fully saturated rings. The van der Waals surface area contributed by atoms with E-state index >= 15 is 0 Å². The van der Waals surface area contributed by atoms with Crippen LogP contribution in [0.5, 0.6) is 0 Å². The molecule has 0 spiro atoms. The number of carbonyl (C=O) groups excluding carboxylic acids is 1. The molecule has 1 atom stereocenters. The Morgan fingerprint density at radius 1 is 1.31 bits per heavy atom. The number of ether oxygens (including phenoxy) is 1. The third-order valence-corrected chi connectivity index (χ3v) is 3.52. The van der Waals surface area contributed by atoms with E-state index in [1.54, 1.807) is 5.57 Å². The molecule has 0 bridgehead atoms. The second-order valence-electron chi connectivity index (χ2n) is 4.63. The fourth-order valence-corrected chi connectivity index (χ4v) is 2.59. The first kappa shape index (κ1) is 11.4. The monoisotopic (exact) mass is 220 g/mol. The fourth-order valence-electron chi connectivity index (χ4n) is 2.59. The molecule has 0 N–H and O–H groups in total. The van der Waals surface area contributed by atoms with Crippen LogP contribution in [0.2, 0.25) is 0 Å². The summed E-state index contributed by atoms with van der Waals surface area (Å²) >= 11 is 0. The maximum absolute atomic E-state index is 11.2. The van der Waals surface area contributed by atoms with Crippen molar-refractivity contribution in [3.05, 3.63) is 23.5 Å². The van der Waals surface area contributed by atoms with Crippen LogP contribution in [0.3, 0.4) is 0 Å². The van der Waals surface area contributed by atoms with E-state index in [2.05, 4.69) is 12.2 Å². The van der Waals surface area contributed by atoms with E-state index in [4.69, 9.17) is 4.74 Å². The minimum absolute atomic E-state index is 0.103. The Morgan fingerprint density at radius 2 is 2.19 bits per heavy atom. The Balaban J connectivity index is 1.94. The maximum Gasteiger partial charge on any atom is 0.310 e. The van der Waals surface area contributed by atoms with E-state index in [1.807, 2.05) is 6.92 Å². The Hall–Kier alpha value is -1.05. The summed E-state index contributed by atoms with van der Waals surface area (Å²) in [7, 11) is 0. The quantitative estimate of drug-likeness (QED) is 0.523. The lowest BCUT2D eigenvalue weighted by Crippen LogP contribution is -2.08. The average molecular weight is 220 g/mol. The van der Waals surface area contributed by atoms with Crippen LogP contribution in [0.15, 0.2) is 23.5 Å². The van der Waals surface area contributed by atoms with Gasteiger partial charge in [-0.1, -0.05) is 18.6 Å². The van der Waals surface area contributed by atoms with Gasteiger partial charge in [0.2, 0.25) is 0 Å². The van der Waals surface area contributed by atoms with Crippen molar-refractivity contribution >= 4 is 5.97 Å². The van der Waals surface area contributed by atoms with E-state index in [-0.39, 0.29) is 5.97 Å². The van der Waals surface area contributed by atoms with E-state index in [1.165, 1.54) is 12.8 Å². The van der Waals surface area contributed by atoms with E-state index in [0.29, 0.717) is 6.42 Å². The van der Waals surface area contributed by atoms with Gasteiger partial charge in [0, 0.05) is 12.8 Å². The van der Waals surface area contributed by atoms with Crippen molar-refractivity contribution in [1.82, 2.24) is 0 Å². The molecule has 0 aromatic carbocycles. The summed E-state index contributed by atoms with van der Waals surface area (Å²) in [5.74, 6) is 1.55. The summed E-state index contributed by atoms with van der Waals surface area (Å²) in [6, 6.07) is 0. The molecule has 2 heteroatoms. The van der Waals surface area contributed by atoms with Crippen molar-refractivity contribution in [2.75, 3.05) is 0 Å². The number of hydrogen-bond donors (Lipinski definition) is 0. The van der Waals surface area contributed by atoms with Crippen LogP contribution >= 0.6 is 0 Å². The molecule has 1 unspecified atom stereocenters. The van der Waals surface area contributed by atoms with Crippen molar-refractivity contribution in [3.8, 4) is 0 Å². The van der Waals surface area contributed by atoms with Gasteiger partial charge in [-0.15, -0.1) is 0 Å². The lowest BCUT2D eigenvalue weighted by Gasteiger charge is -2.18. The third kappa shape index (κ3) is 2.75. The Kier molecular flexibility index (Phi) is 3.81. The van der Waals surface area contributed by atoms with Gasteiger partial charge in [0.25, 0.3) is 0 Å². The standard InChI is InChI=1S/C14H20O2/c1-2-14(15)16-13-8-4-7-11-5-3-6-12(11)9-10-13/h5,8,12H,2-4,6-7,9-10H2,1H3/b13-8+. The molecule has 2 rings (SSSR count). The molecule has 2 nitrogen and oxygen atoms in total. The first-order chi connectivity index (χ1) is 7.79. The highest BCUT2D eigenvalue weighted by atomic mass is 16.5. The molecule has 2 aliphatic rings. The molecule has 0 saturated carbocycles. The van der Waals surface area contributed by atoms with Crippen LogP contribution in [0, 0.1) is 5.92 Å². The van der Waals surface area contributed by atoms with Crippen molar-refractivity contribution in [2.24, 2.45) is 5.92 Å². The van der Waals surface area contributed by atoms with Crippen molar-refractivity contribution in [3.63, 3.8) is 0 Å². The molecule has 0 amide bonds. The minimum atomic E-state index is -0.103. The zero-order chi connectivity index (χ0) is 11.4. The van der Waals surface area contributed by atoms with Gasteiger partial charge in [-0.2, -0.15) is 0 Å². The third-order valence-electron chi connectivity index (χ3n) is 3.52. The van der Waals surface area contributed by atoms with Crippen molar-refractivity contribution in [2.45, 2.75) is 51.9 Å². The van der Waals surface area contributed by atoms with E-state index in [0.717, 1.165) is 37.4 Å². The first-order valence-electron chi connectivity index (χ1n) is 6.38. The molecule has 0 radical (unpaired) electrons. The second kappa shape index (κ2) is 5.33. The Labute approximate surface area is 97.4 Å². The number of esters is 1. The minimum Gasteiger partial charge on any atom is -0.431 e. The van der Waals surface area contributed by atoms with E-state index in [9.17, 15) is 4.79 Å². The van der Waals surface area contributed by atoms with Crippen LogP contribution in [-0.4, -0.2) is 5.97 Å². The summed E-state index contributed by atoms with van der Waals surface area (Å²) in [4.78, 5) is 11.2. The highest BCUT2D eigenvalue weighted by Crippen LogP contribution is 2.35. The summed E-state index contributed by atoms with van der Waals surface area (Å²) in [5.41, 5.74) is 1.64. The van der Waals surface area contributed by atoms with E-state index < -0.39 is 0 Å². The molecule has 0 saturated heterocycles. The van der Waals surface area contributed by atoms with Crippen molar-refractivity contribution < 1.29 is 9.53 Å². The molecule has 0 aromatic rings. The number of fused-ring (bicyclic) bond motifs is 1. The lowest BCUT2D eigenvalue weighted by atomic mass is 9.90. The number of carbonyl (C=O) groups is 1. The predicted octanol–water partition coefficient (Wildman–Crippen LogP) is 3.73. The molecule has 16 heavy (non-hydrogen) atoms. The fraction of sp³-hybridized carbons (Fsp3) is 0.643. The lowest BCUT2D eigenvalue weighted by molar-refractivity contribution is -0.139. The summed E-state index contributed by atoms with van der Waals surface area (Å²) in [6.07, 6.45) is 11.7. The maximum atomic E-state index is 11.2. The Morgan fingerprint density at radius 3 is 3.00 bits per heavy atom. The smallest absolute Gasteiger partial charge is 0.310 e. The SMILES string of the molecule is CCC(=O)O/C1=C/CCC2=CCCC2CC1. The largest absolute Gasteiger partial charge is 0.431 e. The summed E-state index contributed by atoms with van der Waals surface area (Å²) < 4.78 is 5.33. The van der Waals surface area contributed by atoms with Gasteiger partial charge in [0.15, 0.2) is 0 Å². The molecule has 0 aromatic heterocycles. The van der Waals surface area contributed by atoms with Crippen LogP contribution in [0.4, 0.5) is 0 Å². The van der Waals surface area contributed by atoms with Gasteiger partial charge in [-0.3, -0.25) is 4.79 Å². The van der Waals surface area contributed by atoms with Gasteiger partial charge in [-0.05, 0) is 44.1 Å². The zero-order valence-electron chi connectivity index (χ0n) is 10.00. The Bertz CT molecular complexity index is 326.